The van der Waals surface area contributed by atoms with Crippen molar-refractivity contribution < 1.29 is 4.79 Å². The molecular weight excluding hydrogens is 252 g/mol. The standard InChI is InChI=1S/C12H15ClN4O/c1-8(4-5-14)17(3)12(18)9-6-10(13)11(15-2)16-7-9/h6-8H,4H2,1-3H3,(H,15,16). The van der Waals surface area contributed by atoms with E-state index in [1.54, 1.807) is 20.2 Å². The van der Waals surface area contributed by atoms with E-state index in [-0.39, 0.29) is 18.4 Å². The first-order valence-electron chi connectivity index (χ1n) is 5.48. The molecule has 0 radical (unpaired) electrons. The molecule has 0 aliphatic carbocycles. The Hall–Kier alpha value is -1.80. The lowest BCUT2D eigenvalue weighted by atomic mass is 10.2. The van der Waals surface area contributed by atoms with Crippen molar-refractivity contribution in [3.63, 3.8) is 0 Å². The second-order valence-corrected chi connectivity index (χ2v) is 4.34. The molecule has 0 saturated heterocycles. The zero-order valence-electron chi connectivity index (χ0n) is 10.6. The van der Waals surface area contributed by atoms with Crippen LogP contribution in [0.2, 0.25) is 5.02 Å². The molecule has 0 aliphatic rings. The molecule has 0 spiro atoms. The molecule has 1 unspecified atom stereocenters. The maximum atomic E-state index is 12.1. The van der Waals surface area contributed by atoms with Gasteiger partial charge in [0.15, 0.2) is 0 Å². The number of pyridine rings is 1. The first kappa shape index (κ1) is 14.3. The average Bonchev–Trinajstić information content (AvgIpc) is 2.37. The third kappa shape index (κ3) is 3.11. The van der Waals surface area contributed by atoms with E-state index in [4.69, 9.17) is 16.9 Å². The summed E-state index contributed by atoms with van der Waals surface area (Å²) in [6.07, 6.45) is 1.76. The van der Waals surface area contributed by atoms with Gasteiger partial charge in [0.2, 0.25) is 0 Å². The second-order valence-electron chi connectivity index (χ2n) is 3.93. The highest BCUT2D eigenvalue weighted by molar-refractivity contribution is 6.33. The second kappa shape index (κ2) is 6.22. The lowest BCUT2D eigenvalue weighted by Crippen LogP contribution is -2.34. The molecule has 96 valence electrons. The minimum Gasteiger partial charge on any atom is -0.372 e. The van der Waals surface area contributed by atoms with Gasteiger partial charge in [-0.05, 0) is 13.0 Å². The van der Waals surface area contributed by atoms with Crippen LogP contribution in [0.4, 0.5) is 5.82 Å². The smallest absolute Gasteiger partial charge is 0.255 e. The number of nitrogens with one attached hydrogen (secondary N) is 1. The van der Waals surface area contributed by atoms with Gasteiger partial charge in [-0.2, -0.15) is 5.26 Å². The largest absolute Gasteiger partial charge is 0.372 e. The Bertz CT molecular complexity index is 483. The Morgan fingerprint density at radius 3 is 2.89 bits per heavy atom. The molecular formula is C12H15ClN4O. The zero-order valence-corrected chi connectivity index (χ0v) is 11.3. The maximum Gasteiger partial charge on any atom is 0.255 e. The Balaban J connectivity index is 2.91. The van der Waals surface area contributed by atoms with Crippen molar-refractivity contribution in [2.75, 3.05) is 19.4 Å². The summed E-state index contributed by atoms with van der Waals surface area (Å²) in [5, 5.41) is 11.8. The molecule has 1 N–H and O–H groups in total. The molecule has 0 bridgehead atoms. The number of rotatable bonds is 4. The highest BCUT2D eigenvalue weighted by Gasteiger charge is 2.18. The van der Waals surface area contributed by atoms with E-state index in [9.17, 15) is 4.79 Å². The monoisotopic (exact) mass is 266 g/mol. The lowest BCUT2D eigenvalue weighted by molar-refractivity contribution is 0.0746. The molecule has 6 heteroatoms. The van der Waals surface area contributed by atoms with Crippen LogP contribution in [-0.4, -0.2) is 35.9 Å². The molecule has 1 aromatic rings. The fourth-order valence-electron chi connectivity index (χ4n) is 1.41. The van der Waals surface area contributed by atoms with E-state index in [1.165, 1.54) is 11.1 Å². The molecule has 1 atom stereocenters. The van der Waals surface area contributed by atoms with E-state index in [0.29, 0.717) is 16.4 Å². The molecule has 0 aliphatic heterocycles. The van der Waals surface area contributed by atoms with Crippen molar-refractivity contribution in [2.45, 2.75) is 19.4 Å². The summed E-state index contributed by atoms with van der Waals surface area (Å²) < 4.78 is 0. The fourth-order valence-corrected chi connectivity index (χ4v) is 1.67. The number of carbonyl (C=O) groups excluding carboxylic acids is 1. The number of nitrogens with zero attached hydrogens (tertiary/aromatic N) is 3. The summed E-state index contributed by atoms with van der Waals surface area (Å²) >= 11 is 5.97. The fraction of sp³-hybridized carbons (Fsp3) is 0.417. The van der Waals surface area contributed by atoms with Crippen molar-refractivity contribution in [3.8, 4) is 6.07 Å². The number of carbonyl (C=O) groups is 1. The van der Waals surface area contributed by atoms with Gasteiger partial charge in [0.1, 0.15) is 5.82 Å². The number of hydrogen-bond acceptors (Lipinski definition) is 4. The van der Waals surface area contributed by atoms with Crippen LogP contribution in [0.15, 0.2) is 12.3 Å². The molecule has 0 fully saturated rings. The summed E-state index contributed by atoms with van der Waals surface area (Å²) in [4.78, 5) is 17.7. The summed E-state index contributed by atoms with van der Waals surface area (Å²) in [5.74, 6) is 0.329. The quantitative estimate of drug-likeness (QED) is 0.907. The van der Waals surface area contributed by atoms with Gasteiger partial charge in [-0.1, -0.05) is 11.6 Å². The van der Waals surface area contributed by atoms with Crippen molar-refractivity contribution in [1.82, 2.24) is 9.88 Å². The van der Waals surface area contributed by atoms with Gasteiger partial charge in [-0.15, -0.1) is 0 Å². The first-order valence-corrected chi connectivity index (χ1v) is 5.86. The van der Waals surface area contributed by atoms with Gasteiger partial charge >= 0.3 is 0 Å². The van der Waals surface area contributed by atoms with Crippen LogP contribution in [0, 0.1) is 11.3 Å². The van der Waals surface area contributed by atoms with Crippen LogP contribution < -0.4 is 5.32 Å². The highest BCUT2D eigenvalue weighted by atomic mass is 35.5. The van der Waals surface area contributed by atoms with Gasteiger partial charge in [0.05, 0.1) is 23.1 Å². The maximum absolute atomic E-state index is 12.1. The van der Waals surface area contributed by atoms with Crippen molar-refractivity contribution in [3.05, 3.63) is 22.8 Å². The third-order valence-corrected chi connectivity index (χ3v) is 2.98. The van der Waals surface area contributed by atoms with Crippen LogP contribution in [0.5, 0.6) is 0 Å². The summed E-state index contributed by atoms with van der Waals surface area (Å²) in [6.45, 7) is 1.82. The summed E-state index contributed by atoms with van der Waals surface area (Å²) in [5.41, 5.74) is 0.409. The lowest BCUT2D eigenvalue weighted by Gasteiger charge is -2.23. The molecule has 0 aromatic carbocycles. The number of halogens is 1. The number of anilines is 1. The van der Waals surface area contributed by atoms with E-state index in [0.717, 1.165) is 0 Å². The van der Waals surface area contributed by atoms with E-state index < -0.39 is 0 Å². The van der Waals surface area contributed by atoms with Crippen LogP contribution >= 0.6 is 11.6 Å². The van der Waals surface area contributed by atoms with Gasteiger partial charge < -0.3 is 10.2 Å². The minimum atomic E-state index is -0.199. The Morgan fingerprint density at radius 2 is 2.39 bits per heavy atom. The zero-order chi connectivity index (χ0) is 13.7. The molecule has 5 nitrogen and oxygen atoms in total. The van der Waals surface area contributed by atoms with Crippen molar-refractivity contribution in [1.29, 1.82) is 5.26 Å². The topological polar surface area (TPSA) is 69.0 Å². The van der Waals surface area contributed by atoms with Gasteiger partial charge in [0.25, 0.3) is 5.91 Å². The van der Waals surface area contributed by atoms with E-state index in [1.807, 2.05) is 13.0 Å². The highest BCUT2D eigenvalue weighted by Crippen LogP contribution is 2.20. The predicted molar refractivity (Wildman–Crippen MR) is 70.6 cm³/mol. The van der Waals surface area contributed by atoms with Crippen LogP contribution in [0.3, 0.4) is 0 Å². The predicted octanol–water partition coefficient (Wildman–Crippen LogP) is 2.15. The Morgan fingerprint density at radius 1 is 1.72 bits per heavy atom. The number of amides is 1. The molecule has 0 saturated carbocycles. The minimum absolute atomic E-state index is 0.148. The molecule has 1 rings (SSSR count). The van der Waals surface area contributed by atoms with Crippen LogP contribution in [-0.2, 0) is 0 Å². The SMILES string of the molecule is CNc1ncc(C(=O)N(C)C(C)CC#N)cc1Cl. The van der Waals surface area contributed by atoms with Crippen molar-refractivity contribution in [2.24, 2.45) is 0 Å². The molecule has 1 amide bonds. The summed E-state index contributed by atoms with van der Waals surface area (Å²) in [7, 11) is 3.36. The van der Waals surface area contributed by atoms with E-state index in [2.05, 4.69) is 10.3 Å². The molecule has 18 heavy (non-hydrogen) atoms. The molecule has 1 aromatic heterocycles. The van der Waals surface area contributed by atoms with Crippen LogP contribution in [0.25, 0.3) is 0 Å². The third-order valence-electron chi connectivity index (χ3n) is 2.69. The van der Waals surface area contributed by atoms with Gasteiger partial charge in [0, 0.05) is 26.3 Å². The number of aromatic nitrogens is 1. The van der Waals surface area contributed by atoms with Crippen LogP contribution in [0.1, 0.15) is 23.7 Å². The van der Waals surface area contributed by atoms with Gasteiger partial charge in [-0.25, -0.2) is 4.98 Å². The van der Waals surface area contributed by atoms with E-state index >= 15 is 0 Å². The summed E-state index contributed by atoms with van der Waals surface area (Å²) in [6, 6.07) is 3.46. The molecule has 1 heterocycles. The first-order chi connectivity index (χ1) is 8.51. The van der Waals surface area contributed by atoms with Gasteiger partial charge in [-0.3, -0.25) is 4.79 Å². The normalized spacial score (nSPS) is 11.5. The van der Waals surface area contributed by atoms with Crippen molar-refractivity contribution >= 4 is 23.3 Å². The number of hydrogen-bond donors (Lipinski definition) is 1. The Kier molecular flexibility index (Phi) is 4.93. The Labute approximate surface area is 111 Å². The number of nitriles is 1. The average molecular weight is 267 g/mol.